The first kappa shape index (κ1) is 13.5. The second-order valence-electron chi connectivity index (χ2n) is 5.87. The molecule has 1 aliphatic rings. The molecule has 100 valence electrons. The topological polar surface area (TPSA) is 52.5 Å². The largest absolute Gasteiger partial charge is 0.394 e. The molecule has 0 fully saturated rings. The van der Waals surface area contributed by atoms with Crippen LogP contribution in [-0.2, 0) is 6.42 Å². The van der Waals surface area contributed by atoms with Crippen molar-refractivity contribution in [3.63, 3.8) is 0 Å². The van der Waals surface area contributed by atoms with Crippen LogP contribution in [0.4, 0.5) is 0 Å². The molecule has 0 spiro atoms. The quantitative estimate of drug-likeness (QED) is 0.760. The molecule has 0 amide bonds. The summed E-state index contributed by atoms with van der Waals surface area (Å²) in [5, 5.41) is 21.8. The lowest BCUT2D eigenvalue weighted by molar-refractivity contribution is 0.0830. The van der Waals surface area contributed by atoms with Crippen molar-refractivity contribution in [2.45, 2.75) is 38.8 Å². The van der Waals surface area contributed by atoms with Gasteiger partial charge < -0.3 is 15.5 Å². The summed E-state index contributed by atoms with van der Waals surface area (Å²) in [7, 11) is 0. The Morgan fingerprint density at radius 2 is 2.11 bits per heavy atom. The first-order chi connectivity index (χ1) is 8.54. The Hall–Kier alpha value is -0.900. The van der Waals surface area contributed by atoms with Crippen molar-refractivity contribution in [1.29, 1.82) is 0 Å². The van der Waals surface area contributed by atoms with Gasteiger partial charge in [-0.05, 0) is 29.4 Å². The van der Waals surface area contributed by atoms with Crippen LogP contribution in [0.5, 0.6) is 0 Å². The van der Waals surface area contributed by atoms with Crippen LogP contribution in [0.15, 0.2) is 24.3 Å². The summed E-state index contributed by atoms with van der Waals surface area (Å²) in [6, 6.07) is 8.73. The van der Waals surface area contributed by atoms with E-state index in [1.54, 1.807) is 0 Å². The van der Waals surface area contributed by atoms with Crippen LogP contribution in [-0.4, -0.2) is 29.5 Å². The molecule has 0 aromatic heterocycles. The van der Waals surface area contributed by atoms with Crippen molar-refractivity contribution in [1.82, 2.24) is 5.32 Å². The van der Waals surface area contributed by atoms with Gasteiger partial charge in [-0.3, -0.25) is 0 Å². The summed E-state index contributed by atoms with van der Waals surface area (Å²) in [5.74, 6) is 0. The van der Waals surface area contributed by atoms with E-state index in [0.29, 0.717) is 6.54 Å². The van der Waals surface area contributed by atoms with Gasteiger partial charge in [-0.25, -0.2) is 0 Å². The van der Waals surface area contributed by atoms with Gasteiger partial charge in [0, 0.05) is 12.6 Å². The lowest BCUT2D eigenvalue weighted by Crippen LogP contribution is -2.41. The van der Waals surface area contributed by atoms with E-state index in [4.69, 9.17) is 5.11 Å². The fraction of sp³-hybridized carbons (Fsp3) is 0.600. The van der Waals surface area contributed by atoms with Crippen molar-refractivity contribution in [2.75, 3.05) is 13.2 Å². The van der Waals surface area contributed by atoms with Crippen molar-refractivity contribution in [2.24, 2.45) is 5.41 Å². The SMILES string of the molecule is CC1(C)CCc2ccccc2C1NCC(O)CO. The Morgan fingerprint density at radius 3 is 2.83 bits per heavy atom. The second-order valence-corrected chi connectivity index (χ2v) is 5.87. The zero-order chi connectivity index (χ0) is 13.2. The van der Waals surface area contributed by atoms with Gasteiger partial charge in [-0.1, -0.05) is 38.1 Å². The molecule has 0 heterocycles. The van der Waals surface area contributed by atoms with Crippen molar-refractivity contribution < 1.29 is 10.2 Å². The Morgan fingerprint density at radius 1 is 1.39 bits per heavy atom. The minimum absolute atomic E-state index is 0.170. The highest BCUT2D eigenvalue weighted by Crippen LogP contribution is 2.43. The summed E-state index contributed by atoms with van der Waals surface area (Å²) in [5.41, 5.74) is 2.90. The van der Waals surface area contributed by atoms with Crippen LogP contribution in [0.25, 0.3) is 0 Å². The van der Waals surface area contributed by atoms with Gasteiger partial charge in [0.05, 0.1) is 12.7 Å². The molecule has 0 radical (unpaired) electrons. The molecule has 0 bridgehead atoms. The standard InChI is InChI=1S/C15H23NO2/c1-15(2)8-7-11-5-3-4-6-13(11)14(15)16-9-12(18)10-17/h3-6,12,14,16-18H,7-10H2,1-2H3. The minimum Gasteiger partial charge on any atom is -0.394 e. The molecule has 1 aromatic rings. The predicted molar refractivity (Wildman–Crippen MR) is 72.4 cm³/mol. The minimum atomic E-state index is -0.685. The summed E-state index contributed by atoms with van der Waals surface area (Å²) in [6.45, 7) is 4.75. The van der Waals surface area contributed by atoms with Crippen LogP contribution in [0.2, 0.25) is 0 Å². The monoisotopic (exact) mass is 249 g/mol. The maximum absolute atomic E-state index is 9.49. The third-order valence-corrected chi connectivity index (χ3v) is 3.95. The fourth-order valence-corrected chi connectivity index (χ4v) is 2.77. The van der Waals surface area contributed by atoms with Gasteiger partial charge in [-0.15, -0.1) is 0 Å². The first-order valence-corrected chi connectivity index (χ1v) is 6.64. The van der Waals surface area contributed by atoms with Crippen molar-refractivity contribution in [3.05, 3.63) is 35.4 Å². The highest BCUT2D eigenvalue weighted by atomic mass is 16.3. The van der Waals surface area contributed by atoms with E-state index in [9.17, 15) is 5.11 Å². The lowest BCUT2D eigenvalue weighted by Gasteiger charge is -2.41. The Kier molecular flexibility index (Phi) is 4.05. The number of rotatable bonds is 4. The average molecular weight is 249 g/mol. The summed E-state index contributed by atoms with van der Waals surface area (Å²) < 4.78 is 0. The van der Waals surface area contributed by atoms with E-state index in [1.165, 1.54) is 11.1 Å². The molecule has 3 nitrogen and oxygen atoms in total. The number of aliphatic hydroxyl groups is 2. The van der Waals surface area contributed by atoms with Crippen molar-refractivity contribution >= 4 is 0 Å². The second kappa shape index (κ2) is 5.39. The van der Waals surface area contributed by atoms with Gasteiger partial charge in [0.25, 0.3) is 0 Å². The Balaban J connectivity index is 2.19. The Labute approximate surface area is 109 Å². The van der Waals surface area contributed by atoms with E-state index in [-0.39, 0.29) is 18.1 Å². The normalized spacial score (nSPS) is 23.4. The van der Waals surface area contributed by atoms with Crippen LogP contribution in [0.1, 0.15) is 37.4 Å². The van der Waals surface area contributed by atoms with Gasteiger partial charge in [0.1, 0.15) is 0 Å². The molecule has 2 unspecified atom stereocenters. The average Bonchev–Trinajstić information content (AvgIpc) is 2.36. The predicted octanol–water partition coefficient (Wildman–Crippen LogP) is 1.64. The number of nitrogens with one attached hydrogen (secondary N) is 1. The number of hydrogen-bond acceptors (Lipinski definition) is 3. The third kappa shape index (κ3) is 2.74. The third-order valence-electron chi connectivity index (χ3n) is 3.95. The molecule has 0 aliphatic heterocycles. The van der Waals surface area contributed by atoms with Crippen LogP contribution < -0.4 is 5.32 Å². The van der Waals surface area contributed by atoms with E-state index in [1.807, 2.05) is 0 Å². The van der Waals surface area contributed by atoms with Crippen LogP contribution in [0, 0.1) is 5.41 Å². The molecular formula is C15H23NO2. The van der Waals surface area contributed by atoms with Crippen LogP contribution >= 0.6 is 0 Å². The number of hydrogen-bond donors (Lipinski definition) is 3. The lowest BCUT2D eigenvalue weighted by atomic mass is 9.70. The van der Waals surface area contributed by atoms with Crippen LogP contribution in [0.3, 0.4) is 0 Å². The number of aliphatic hydroxyl groups excluding tert-OH is 2. The highest BCUT2D eigenvalue weighted by Gasteiger charge is 2.35. The summed E-state index contributed by atoms with van der Waals surface area (Å²) in [6.07, 6.45) is 1.57. The molecule has 1 aliphatic carbocycles. The van der Waals surface area contributed by atoms with E-state index in [0.717, 1.165) is 12.8 Å². The number of aryl methyl sites for hydroxylation is 1. The zero-order valence-corrected chi connectivity index (χ0v) is 11.2. The number of benzene rings is 1. The molecular weight excluding hydrogens is 226 g/mol. The van der Waals surface area contributed by atoms with E-state index < -0.39 is 6.10 Å². The van der Waals surface area contributed by atoms with Gasteiger partial charge >= 0.3 is 0 Å². The molecule has 2 rings (SSSR count). The number of fused-ring (bicyclic) bond motifs is 1. The molecule has 3 heteroatoms. The van der Waals surface area contributed by atoms with Gasteiger partial charge in [0.15, 0.2) is 0 Å². The first-order valence-electron chi connectivity index (χ1n) is 6.64. The molecule has 18 heavy (non-hydrogen) atoms. The Bertz CT molecular complexity index is 403. The molecule has 2 atom stereocenters. The van der Waals surface area contributed by atoms with E-state index in [2.05, 4.69) is 43.4 Å². The van der Waals surface area contributed by atoms with Crippen molar-refractivity contribution in [3.8, 4) is 0 Å². The fourth-order valence-electron chi connectivity index (χ4n) is 2.77. The van der Waals surface area contributed by atoms with E-state index >= 15 is 0 Å². The molecule has 0 saturated heterocycles. The van der Waals surface area contributed by atoms with Gasteiger partial charge in [-0.2, -0.15) is 0 Å². The highest BCUT2D eigenvalue weighted by molar-refractivity contribution is 5.34. The molecule has 3 N–H and O–H groups in total. The maximum atomic E-state index is 9.49. The molecule has 1 aromatic carbocycles. The molecule has 0 saturated carbocycles. The summed E-state index contributed by atoms with van der Waals surface area (Å²) >= 11 is 0. The smallest absolute Gasteiger partial charge is 0.0895 e. The summed E-state index contributed by atoms with van der Waals surface area (Å²) in [4.78, 5) is 0. The zero-order valence-electron chi connectivity index (χ0n) is 11.2. The maximum Gasteiger partial charge on any atom is 0.0895 e. The van der Waals surface area contributed by atoms with Gasteiger partial charge in [0.2, 0.25) is 0 Å².